The van der Waals surface area contributed by atoms with E-state index in [0.717, 1.165) is 29.7 Å². The zero-order valence-electron chi connectivity index (χ0n) is 11.5. The van der Waals surface area contributed by atoms with E-state index in [2.05, 4.69) is 26.6 Å². The third-order valence-electron chi connectivity index (χ3n) is 3.73. The summed E-state index contributed by atoms with van der Waals surface area (Å²) in [5.41, 5.74) is 2.03. The van der Waals surface area contributed by atoms with Crippen molar-refractivity contribution in [1.29, 1.82) is 0 Å². The van der Waals surface area contributed by atoms with Crippen LogP contribution in [0.15, 0.2) is 36.5 Å². The summed E-state index contributed by atoms with van der Waals surface area (Å²) in [5.74, 6) is 0.0399. The number of anilines is 1. The van der Waals surface area contributed by atoms with Crippen molar-refractivity contribution in [2.45, 2.75) is 6.04 Å². The Kier molecular flexibility index (Phi) is 3.52. The smallest absolute Gasteiger partial charge is 0.243 e. The molecule has 0 spiro atoms. The van der Waals surface area contributed by atoms with Crippen LogP contribution in [0.2, 0.25) is 0 Å². The number of nitrogens with zero attached hydrogens (tertiary/aromatic N) is 2. The highest BCUT2D eigenvalue weighted by molar-refractivity contribution is 5.94. The second-order valence-corrected chi connectivity index (χ2v) is 4.87. The van der Waals surface area contributed by atoms with E-state index in [0.29, 0.717) is 6.54 Å². The van der Waals surface area contributed by atoms with E-state index in [1.54, 1.807) is 13.2 Å². The van der Waals surface area contributed by atoms with Crippen LogP contribution in [0.4, 0.5) is 5.69 Å². The predicted molar refractivity (Wildman–Crippen MR) is 79.8 cm³/mol. The van der Waals surface area contributed by atoms with E-state index in [1.165, 1.54) is 0 Å². The molecule has 2 N–H and O–H groups in total. The normalized spacial score (nSPS) is 19.1. The molecule has 2 aromatic rings. The summed E-state index contributed by atoms with van der Waals surface area (Å²) in [6.07, 6.45) is 1.81. The molecule has 1 fully saturated rings. The van der Waals surface area contributed by atoms with Crippen molar-refractivity contribution in [3.05, 3.63) is 36.5 Å². The maximum Gasteiger partial charge on any atom is 0.243 e. The van der Waals surface area contributed by atoms with Crippen molar-refractivity contribution >= 4 is 22.5 Å². The van der Waals surface area contributed by atoms with Gasteiger partial charge in [-0.15, -0.1) is 0 Å². The average molecular weight is 270 g/mol. The number of likely N-dealkylation sites (N-methyl/N-ethyl adjacent to an activating group) is 1. The Hall–Kier alpha value is -2.14. The summed E-state index contributed by atoms with van der Waals surface area (Å²) < 4.78 is 0. The molecule has 0 radical (unpaired) electrons. The van der Waals surface area contributed by atoms with Gasteiger partial charge < -0.3 is 15.5 Å². The number of pyridine rings is 1. The summed E-state index contributed by atoms with van der Waals surface area (Å²) >= 11 is 0. The molecule has 1 aliphatic heterocycles. The SMILES string of the molecule is CNC(=O)C1CNCCN1c1ccnc2ccccc12. The summed E-state index contributed by atoms with van der Waals surface area (Å²) in [6, 6.07) is 9.84. The minimum absolute atomic E-state index is 0.0399. The Labute approximate surface area is 118 Å². The first kappa shape index (κ1) is 12.9. The molecule has 1 amide bonds. The van der Waals surface area contributed by atoms with Crippen molar-refractivity contribution in [2.75, 3.05) is 31.6 Å². The minimum atomic E-state index is -0.181. The zero-order valence-corrected chi connectivity index (χ0v) is 11.5. The lowest BCUT2D eigenvalue weighted by atomic mass is 10.1. The molecule has 5 heteroatoms. The number of hydrogen-bond acceptors (Lipinski definition) is 4. The number of nitrogens with one attached hydrogen (secondary N) is 2. The van der Waals surface area contributed by atoms with Crippen LogP contribution in [0, 0.1) is 0 Å². The lowest BCUT2D eigenvalue weighted by molar-refractivity contribution is -0.122. The molecule has 2 heterocycles. The lowest BCUT2D eigenvalue weighted by Gasteiger charge is -2.37. The van der Waals surface area contributed by atoms with Gasteiger partial charge in [-0.05, 0) is 12.1 Å². The van der Waals surface area contributed by atoms with Crippen molar-refractivity contribution in [1.82, 2.24) is 15.6 Å². The van der Waals surface area contributed by atoms with Gasteiger partial charge in [-0.1, -0.05) is 18.2 Å². The maximum absolute atomic E-state index is 12.1. The van der Waals surface area contributed by atoms with Crippen LogP contribution >= 0.6 is 0 Å². The van der Waals surface area contributed by atoms with Gasteiger partial charge >= 0.3 is 0 Å². The Morgan fingerprint density at radius 3 is 3.10 bits per heavy atom. The number of benzene rings is 1. The summed E-state index contributed by atoms with van der Waals surface area (Å²) in [4.78, 5) is 18.6. The van der Waals surface area contributed by atoms with Gasteiger partial charge in [0, 0.05) is 44.0 Å². The van der Waals surface area contributed by atoms with Crippen molar-refractivity contribution in [2.24, 2.45) is 0 Å². The number of carbonyl (C=O) groups excluding carboxylic acids is 1. The number of hydrogen-bond donors (Lipinski definition) is 2. The summed E-state index contributed by atoms with van der Waals surface area (Å²) in [5, 5.41) is 7.11. The van der Waals surface area contributed by atoms with Crippen molar-refractivity contribution < 1.29 is 4.79 Å². The van der Waals surface area contributed by atoms with Crippen LogP contribution < -0.4 is 15.5 Å². The van der Waals surface area contributed by atoms with Crippen molar-refractivity contribution in [3.63, 3.8) is 0 Å². The molecule has 1 aromatic heterocycles. The summed E-state index contributed by atoms with van der Waals surface area (Å²) in [7, 11) is 1.68. The highest BCUT2D eigenvalue weighted by atomic mass is 16.2. The molecule has 0 bridgehead atoms. The Balaban J connectivity index is 2.06. The number of rotatable bonds is 2. The third-order valence-corrected chi connectivity index (χ3v) is 3.73. The maximum atomic E-state index is 12.1. The van der Waals surface area contributed by atoms with Gasteiger partial charge in [0.05, 0.1) is 5.52 Å². The molecule has 1 saturated heterocycles. The summed E-state index contributed by atoms with van der Waals surface area (Å²) in [6.45, 7) is 2.35. The van der Waals surface area contributed by atoms with Gasteiger partial charge in [0.25, 0.3) is 0 Å². The van der Waals surface area contributed by atoms with Crippen LogP contribution in [0.5, 0.6) is 0 Å². The van der Waals surface area contributed by atoms with Crippen LogP contribution in [-0.4, -0.2) is 43.6 Å². The second-order valence-electron chi connectivity index (χ2n) is 4.87. The standard InChI is InChI=1S/C15H18N4O/c1-16-15(20)14-10-17-8-9-19(14)13-6-7-18-12-5-3-2-4-11(12)13/h2-7,14,17H,8-10H2,1H3,(H,16,20). The van der Waals surface area contributed by atoms with Crippen LogP contribution in [0.3, 0.4) is 0 Å². The van der Waals surface area contributed by atoms with Gasteiger partial charge in [0.2, 0.25) is 5.91 Å². The first-order valence-electron chi connectivity index (χ1n) is 6.84. The monoisotopic (exact) mass is 270 g/mol. The molecule has 20 heavy (non-hydrogen) atoms. The van der Waals surface area contributed by atoms with E-state index in [1.807, 2.05) is 24.3 Å². The second kappa shape index (κ2) is 5.46. The molecule has 1 unspecified atom stereocenters. The number of para-hydroxylation sites is 1. The Morgan fingerprint density at radius 2 is 2.25 bits per heavy atom. The van der Waals surface area contributed by atoms with E-state index in [-0.39, 0.29) is 11.9 Å². The van der Waals surface area contributed by atoms with Crippen LogP contribution in [-0.2, 0) is 4.79 Å². The molecule has 0 saturated carbocycles. The number of piperazine rings is 1. The molecule has 3 rings (SSSR count). The lowest BCUT2D eigenvalue weighted by Crippen LogP contribution is -2.57. The van der Waals surface area contributed by atoms with Gasteiger partial charge in [0.1, 0.15) is 6.04 Å². The van der Waals surface area contributed by atoms with Crippen LogP contribution in [0.1, 0.15) is 0 Å². The van der Waals surface area contributed by atoms with Gasteiger partial charge in [-0.2, -0.15) is 0 Å². The van der Waals surface area contributed by atoms with E-state index >= 15 is 0 Å². The molecule has 1 aromatic carbocycles. The molecule has 1 aliphatic rings. The number of amides is 1. The largest absolute Gasteiger partial charge is 0.357 e. The fourth-order valence-electron chi connectivity index (χ4n) is 2.72. The highest BCUT2D eigenvalue weighted by Gasteiger charge is 2.28. The quantitative estimate of drug-likeness (QED) is 0.846. The highest BCUT2D eigenvalue weighted by Crippen LogP contribution is 2.27. The molecular weight excluding hydrogens is 252 g/mol. The number of carbonyl (C=O) groups is 1. The van der Waals surface area contributed by atoms with E-state index in [4.69, 9.17) is 0 Å². The molecule has 5 nitrogen and oxygen atoms in total. The van der Waals surface area contributed by atoms with Crippen molar-refractivity contribution in [3.8, 4) is 0 Å². The topological polar surface area (TPSA) is 57.3 Å². The average Bonchev–Trinajstić information content (AvgIpc) is 2.53. The Bertz CT molecular complexity index is 623. The fraction of sp³-hybridized carbons (Fsp3) is 0.333. The van der Waals surface area contributed by atoms with E-state index in [9.17, 15) is 4.79 Å². The molecule has 1 atom stereocenters. The minimum Gasteiger partial charge on any atom is -0.357 e. The van der Waals surface area contributed by atoms with Gasteiger partial charge in [0.15, 0.2) is 0 Å². The fourth-order valence-corrected chi connectivity index (χ4v) is 2.72. The first-order chi connectivity index (χ1) is 9.81. The van der Waals surface area contributed by atoms with Gasteiger partial charge in [-0.3, -0.25) is 9.78 Å². The Morgan fingerprint density at radius 1 is 1.40 bits per heavy atom. The molecule has 104 valence electrons. The predicted octanol–water partition coefficient (Wildman–Crippen LogP) is 0.759. The molecular formula is C15H18N4O. The number of aromatic nitrogens is 1. The first-order valence-corrected chi connectivity index (χ1v) is 6.84. The van der Waals surface area contributed by atoms with Gasteiger partial charge in [-0.25, -0.2) is 0 Å². The van der Waals surface area contributed by atoms with E-state index < -0.39 is 0 Å². The zero-order chi connectivity index (χ0) is 13.9. The molecule has 0 aliphatic carbocycles. The number of fused-ring (bicyclic) bond motifs is 1. The van der Waals surface area contributed by atoms with Crippen LogP contribution in [0.25, 0.3) is 10.9 Å². The third kappa shape index (κ3) is 2.20.